The minimum Gasteiger partial charge on any atom is -0.369 e. The molecule has 30 heavy (non-hydrogen) atoms. The van der Waals surface area contributed by atoms with Gasteiger partial charge < -0.3 is 21.3 Å². The molecule has 8 heteroatoms. The molecule has 1 atom stereocenters. The first-order valence-corrected chi connectivity index (χ1v) is 11.2. The maximum atomic E-state index is 11.4. The number of nitrogens with zero attached hydrogens (tertiary/aromatic N) is 2. The molecule has 0 aromatic heterocycles. The van der Waals surface area contributed by atoms with E-state index in [4.69, 9.17) is 22.3 Å². The first-order chi connectivity index (χ1) is 14.0. The molecule has 0 radical (unpaired) electrons. The van der Waals surface area contributed by atoms with Crippen LogP contribution in [0.1, 0.15) is 44.6 Å². The van der Waals surface area contributed by atoms with E-state index in [1.165, 1.54) is 5.56 Å². The first kappa shape index (κ1) is 25.2. The Labute approximate surface area is 202 Å². The number of nitrogens with two attached hydrogens (primary N) is 1. The summed E-state index contributed by atoms with van der Waals surface area (Å²) in [7, 11) is 0. The Morgan fingerprint density at radius 1 is 1.37 bits per heavy atom. The number of aliphatic imine (C=N–C) groups is 1. The van der Waals surface area contributed by atoms with Gasteiger partial charge >= 0.3 is 0 Å². The smallest absolute Gasteiger partial charge is 0.221 e. The second-order valence-electron chi connectivity index (χ2n) is 8.31. The van der Waals surface area contributed by atoms with Gasteiger partial charge in [0, 0.05) is 30.1 Å². The van der Waals surface area contributed by atoms with Crippen LogP contribution in [0.5, 0.6) is 0 Å². The van der Waals surface area contributed by atoms with Crippen molar-refractivity contribution >= 4 is 47.4 Å². The Kier molecular flexibility index (Phi) is 10.2. The number of nitrogens with one attached hydrogen (secondary N) is 2. The summed E-state index contributed by atoms with van der Waals surface area (Å²) >= 11 is 6.18. The van der Waals surface area contributed by atoms with Crippen LogP contribution >= 0.6 is 35.6 Å². The highest BCUT2D eigenvalue weighted by atomic mass is 127. The van der Waals surface area contributed by atoms with Crippen LogP contribution in [0.25, 0.3) is 0 Å². The molecule has 1 aromatic carbocycles. The van der Waals surface area contributed by atoms with E-state index < -0.39 is 0 Å². The van der Waals surface area contributed by atoms with Gasteiger partial charge in [-0.2, -0.15) is 0 Å². The molecule has 1 amide bonds. The fourth-order valence-corrected chi connectivity index (χ4v) is 4.27. The average Bonchev–Trinajstić information content (AvgIpc) is 3.51. The van der Waals surface area contributed by atoms with Crippen molar-refractivity contribution in [2.24, 2.45) is 16.6 Å². The predicted octanol–water partition coefficient (Wildman–Crippen LogP) is 3.13. The molecule has 1 saturated carbocycles. The van der Waals surface area contributed by atoms with Gasteiger partial charge in [0.05, 0.1) is 12.5 Å². The summed E-state index contributed by atoms with van der Waals surface area (Å²) in [4.78, 5) is 18.6. The highest BCUT2D eigenvalue weighted by Crippen LogP contribution is 2.48. The number of amides is 1. The lowest BCUT2D eigenvalue weighted by Gasteiger charge is -2.31. The van der Waals surface area contributed by atoms with Gasteiger partial charge in [0.2, 0.25) is 5.91 Å². The van der Waals surface area contributed by atoms with Gasteiger partial charge in [-0.25, -0.2) is 0 Å². The van der Waals surface area contributed by atoms with Crippen LogP contribution < -0.4 is 16.4 Å². The third-order valence-corrected chi connectivity index (χ3v) is 6.26. The van der Waals surface area contributed by atoms with Crippen LogP contribution in [0.15, 0.2) is 29.3 Å². The highest BCUT2D eigenvalue weighted by molar-refractivity contribution is 14.0. The number of hydrogen-bond acceptors (Lipinski definition) is 3. The van der Waals surface area contributed by atoms with Crippen molar-refractivity contribution < 1.29 is 4.79 Å². The van der Waals surface area contributed by atoms with E-state index >= 15 is 0 Å². The summed E-state index contributed by atoms with van der Waals surface area (Å²) in [5.74, 6) is 0.717. The zero-order valence-electron chi connectivity index (χ0n) is 17.8. The van der Waals surface area contributed by atoms with Crippen LogP contribution in [-0.2, 0) is 10.2 Å². The molecule has 0 spiro atoms. The summed E-state index contributed by atoms with van der Waals surface area (Å²) < 4.78 is 0. The molecule has 6 nitrogen and oxygen atoms in total. The van der Waals surface area contributed by atoms with Crippen molar-refractivity contribution in [2.75, 3.05) is 39.3 Å². The zero-order valence-corrected chi connectivity index (χ0v) is 20.9. The Bertz CT molecular complexity index is 725. The fourth-order valence-electron chi connectivity index (χ4n) is 4.08. The van der Waals surface area contributed by atoms with Crippen molar-refractivity contribution in [3.05, 3.63) is 34.9 Å². The third-order valence-electron chi connectivity index (χ3n) is 6.03. The van der Waals surface area contributed by atoms with Gasteiger partial charge in [-0.1, -0.05) is 23.7 Å². The Morgan fingerprint density at radius 2 is 2.17 bits per heavy atom. The number of benzene rings is 1. The SMILES string of the molecule is CCNC(=NCC1(c2cccc(Cl)c2)CC1)NCCCN1CCCC(C(N)=O)C1.I. The second-order valence-corrected chi connectivity index (χ2v) is 8.74. The number of hydrogen-bond donors (Lipinski definition) is 3. The number of guanidine groups is 1. The van der Waals surface area contributed by atoms with Gasteiger partial charge in [-0.05, 0) is 69.8 Å². The number of rotatable bonds is 9. The molecule has 2 fully saturated rings. The van der Waals surface area contributed by atoms with Gasteiger partial charge in [-0.3, -0.25) is 9.79 Å². The van der Waals surface area contributed by atoms with Crippen LogP contribution in [0.2, 0.25) is 5.02 Å². The lowest BCUT2D eigenvalue weighted by Crippen LogP contribution is -2.43. The van der Waals surface area contributed by atoms with Gasteiger partial charge in [0.15, 0.2) is 5.96 Å². The molecule has 1 aliphatic carbocycles. The number of likely N-dealkylation sites (tertiary alicyclic amines) is 1. The van der Waals surface area contributed by atoms with Crippen LogP contribution in [0, 0.1) is 5.92 Å². The summed E-state index contributed by atoms with van der Waals surface area (Å²) in [6, 6.07) is 8.17. The molecule has 2 aliphatic rings. The van der Waals surface area contributed by atoms with Crippen LogP contribution in [0.3, 0.4) is 0 Å². The van der Waals surface area contributed by atoms with Gasteiger partial charge in [0.1, 0.15) is 0 Å². The number of carbonyl (C=O) groups is 1. The number of piperidine rings is 1. The zero-order chi connectivity index (χ0) is 20.7. The summed E-state index contributed by atoms with van der Waals surface area (Å²) in [6.07, 6.45) is 5.31. The third kappa shape index (κ3) is 7.27. The molecule has 4 N–H and O–H groups in total. The topological polar surface area (TPSA) is 82.8 Å². The normalized spacial score (nSPS) is 20.9. The summed E-state index contributed by atoms with van der Waals surface area (Å²) in [5.41, 5.74) is 6.91. The largest absolute Gasteiger partial charge is 0.369 e. The van der Waals surface area contributed by atoms with Crippen molar-refractivity contribution in [3.8, 4) is 0 Å². The standard InChI is InChI=1S/C22H34ClN5O.HI/c1-2-25-21(26-11-5-13-28-12-4-6-17(15-28)20(24)29)27-16-22(9-10-22)18-7-3-8-19(23)14-18;/h3,7-8,14,17H,2,4-6,9-13,15-16H2,1H3,(H2,24,29)(H2,25,26,27);1H. The highest BCUT2D eigenvalue weighted by Gasteiger charge is 2.44. The van der Waals surface area contributed by atoms with Crippen LogP contribution in [-0.4, -0.2) is 56.0 Å². The second kappa shape index (κ2) is 12.1. The van der Waals surface area contributed by atoms with Gasteiger partial charge in [0.25, 0.3) is 0 Å². The van der Waals surface area contributed by atoms with E-state index in [-0.39, 0.29) is 41.2 Å². The van der Waals surface area contributed by atoms with Crippen molar-refractivity contribution in [1.29, 1.82) is 0 Å². The molecular formula is C22H35ClIN5O. The fraction of sp³-hybridized carbons (Fsp3) is 0.636. The quantitative estimate of drug-likeness (QED) is 0.192. The van der Waals surface area contributed by atoms with E-state index in [9.17, 15) is 4.79 Å². The minimum absolute atomic E-state index is 0. The van der Waals surface area contributed by atoms with Crippen molar-refractivity contribution in [3.63, 3.8) is 0 Å². The van der Waals surface area contributed by atoms with E-state index in [0.29, 0.717) is 0 Å². The molecule has 0 bridgehead atoms. The molecule has 1 unspecified atom stereocenters. The number of carbonyl (C=O) groups excluding carboxylic acids is 1. The number of primary amides is 1. The predicted molar refractivity (Wildman–Crippen MR) is 135 cm³/mol. The van der Waals surface area contributed by atoms with E-state index in [0.717, 1.165) is 82.4 Å². The molecule has 1 heterocycles. The van der Waals surface area contributed by atoms with Gasteiger partial charge in [-0.15, -0.1) is 24.0 Å². The average molecular weight is 548 g/mol. The van der Waals surface area contributed by atoms with Crippen molar-refractivity contribution in [1.82, 2.24) is 15.5 Å². The summed E-state index contributed by atoms with van der Waals surface area (Å²) in [5, 5.41) is 7.59. The molecular weight excluding hydrogens is 513 g/mol. The van der Waals surface area contributed by atoms with Crippen molar-refractivity contribution in [2.45, 2.75) is 44.4 Å². The molecule has 1 aromatic rings. The Balaban J connectivity index is 0.00000320. The molecule has 1 saturated heterocycles. The number of halogens is 2. The molecule has 3 rings (SSSR count). The lowest BCUT2D eigenvalue weighted by molar-refractivity contribution is -0.123. The van der Waals surface area contributed by atoms with E-state index in [1.54, 1.807) is 0 Å². The molecule has 168 valence electrons. The maximum absolute atomic E-state index is 11.4. The summed E-state index contributed by atoms with van der Waals surface area (Å²) in [6.45, 7) is 7.37. The first-order valence-electron chi connectivity index (χ1n) is 10.8. The maximum Gasteiger partial charge on any atom is 0.221 e. The Hall–Kier alpha value is -1.06. The monoisotopic (exact) mass is 547 g/mol. The van der Waals surface area contributed by atoms with E-state index in [1.807, 2.05) is 12.1 Å². The Morgan fingerprint density at radius 3 is 2.83 bits per heavy atom. The lowest BCUT2D eigenvalue weighted by atomic mass is 9.96. The van der Waals surface area contributed by atoms with E-state index in [2.05, 4.69) is 34.6 Å². The van der Waals surface area contributed by atoms with Crippen LogP contribution in [0.4, 0.5) is 0 Å². The molecule has 1 aliphatic heterocycles. The minimum atomic E-state index is -0.164.